The van der Waals surface area contributed by atoms with E-state index in [-0.39, 0.29) is 0 Å². The molecule has 4 heteroatoms. The molecule has 0 atom stereocenters. The molecule has 0 fully saturated rings. The number of pyridine rings is 1. The van der Waals surface area contributed by atoms with Gasteiger partial charge in [-0.2, -0.15) is 0 Å². The maximum Gasteiger partial charge on any atom is 0.213 e. The zero-order valence-electron chi connectivity index (χ0n) is 9.03. The second kappa shape index (κ2) is 4.31. The Morgan fingerprint density at radius 1 is 1.40 bits per heavy atom. The number of fused-ring (bicyclic) bond motifs is 1. The summed E-state index contributed by atoms with van der Waals surface area (Å²) in [7, 11) is 3.58. The third-order valence-electron chi connectivity index (χ3n) is 2.41. The zero-order valence-corrected chi connectivity index (χ0v) is 9.03. The standard InChI is InChI=1S/C11H15N3O/c1-12-6-8-14-7-5-9-10(14)3-4-11(13-9)15-2/h3-5,7,12H,6,8H2,1-2H3. The largest absolute Gasteiger partial charge is 0.481 e. The van der Waals surface area contributed by atoms with Gasteiger partial charge in [-0.05, 0) is 19.2 Å². The summed E-state index contributed by atoms with van der Waals surface area (Å²) in [4.78, 5) is 4.36. The molecule has 15 heavy (non-hydrogen) atoms. The van der Waals surface area contributed by atoms with Crippen molar-refractivity contribution in [3.8, 4) is 5.88 Å². The van der Waals surface area contributed by atoms with Crippen molar-refractivity contribution in [2.75, 3.05) is 20.7 Å². The van der Waals surface area contributed by atoms with Crippen LogP contribution in [0.3, 0.4) is 0 Å². The molecule has 4 nitrogen and oxygen atoms in total. The predicted octanol–water partition coefficient (Wildman–Crippen LogP) is 1.26. The number of hydrogen-bond acceptors (Lipinski definition) is 3. The summed E-state index contributed by atoms with van der Waals surface area (Å²) in [5.74, 6) is 0.661. The second-order valence-electron chi connectivity index (χ2n) is 3.37. The summed E-state index contributed by atoms with van der Waals surface area (Å²) in [6.07, 6.45) is 2.05. The Balaban J connectivity index is 2.34. The third kappa shape index (κ3) is 1.94. The summed E-state index contributed by atoms with van der Waals surface area (Å²) < 4.78 is 7.26. The first kappa shape index (κ1) is 9.98. The maximum absolute atomic E-state index is 5.08. The van der Waals surface area contributed by atoms with Crippen molar-refractivity contribution in [2.45, 2.75) is 6.54 Å². The predicted molar refractivity (Wildman–Crippen MR) is 60.2 cm³/mol. The van der Waals surface area contributed by atoms with Crippen molar-refractivity contribution in [1.29, 1.82) is 0 Å². The molecule has 2 aromatic heterocycles. The van der Waals surface area contributed by atoms with E-state index in [1.165, 1.54) is 0 Å². The van der Waals surface area contributed by atoms with Crippen LogP contribution in [0.1, 0.15) is 0 Å². The Hall–Kier alpha value is -1.55. The lowest BCUT2D eigenvalue weighted by Crippen LogP contribution is -2.14. The minimum Gasteiger partial charge on any atom is -0.481 e. The van der Waals surface area contributed by atoms with E-state index < -0.39 is 0 Å². The molecule has 0 radical (unpaired) electrons. The molecule has 2 rings (SSSR count). The van der Waals surface area contributed by atoms with Crippen molar-refractivity contribution in [3.63, 3.8) is 0 Å². The summed E-state index contributed by atoms with van der Waals surface area (Å²) in [6.45, 7) is 1.91. The van der Waals surface area contributed by atoms with Crippen molar-refractivity contribution in [2.24, 2.45) is 0 Å². The molecule has 2 heterocycles. The van der Waals surface area contributed by atoms with Gasteiger partial charge in [0.25, 0.3) is 0 Å². The van der Waals surface area contributed by atoms with Crippen molar-refractivity contribution < 1.29 is 4.74 Å². The third-order valence-corrected chi connectivity index (χ3v) is 2.41. The first-order chi connectivity index (χ1) is 7.35. The number of likely N-dealkylation sites (N-methyl/N-ethyl adjacent to an activating group) is 1. The monoisotopic (exact) mass is 205 g/mol. The number of hydrogen-bond donors (Lipinski definition) is 1. The Labute approximate surface area is 88.9 Å². The summed E-state index contributed by atoms with van der Waals surface area (Å²) in [5.41, 5.74) is 2.12. The van der Waals surface area contributed by atoms with Crippen LogP contribution in [0.15, 0.2) is 24.4 Å². The SMILES string of the molecule is CNCCn1ccc2nc(OC)ccc21. The van der Waals surface area contributed by atoms with E-state index in [4.69, 9.17) is 4.74 Å². The lowest BCUT2D eigenvalue weighted by Gasteiger charge is -2.04. The Kier molecular flexibility index (Phi) is 2.87. The molecule has 0 bridgehead atoms. The molecule has 1 N–H and O–H groups in total. The summed E-state index contributed by atoms with van der Waals surface area (Å²) >= 11 is 0. The molecule has 0 saturated heterocycles. The molecule has 0 spiro atoms. The van der Waals surface area contributed by atoms with Crippen LogP contribution in [-0.4, -0.2) is 30.3 Å². The number of nitrogens with zero attached hydrogens (tertiary/aromatic N) is 2. The molecule has 0 unspecified atom stereocenters. The molecular formula is C11H15N3O. The van der Waals surface area contributed by atoms with E-state index in [1.54, 1.807) is 7.11 Å². The highest BCUT2D eigenvalue weighted by Gasteiger charge is 2.02. The highest BCUT2D eigenvalue weighted by Crippen LogP contribution is 2.17. The molecule has 0 amide bonds. The molecule has 0 aliphatic rings. The quantitative estimate of drug-likeness (QED) is 0.816. The first-order valence-electron chi connectivity index (χ1n) is 4.99. The van der Waals surface area contributed by atoms with E-state index in [1.807, 2.05) is 25.2 Å². The van der Waals surface area contributed by atoms with E-state index >= 15 is 0 Å². The van der Waals surface area contributed by atoms with E-state index in [9.17, 15) is 0 Å². The van der Waals surface area contributed by atoms with Gasteiger partial charge in [0.05, 0.1) is 18.1 Å². The number of aromatic nitrogens is 2. The van der Waals surface area contributed by atoms with Crippen molar-refractivity contribution in [1.82, 2.24) is 14.9 Å². The van der Waals surface area contributed by atoms with Crippen LogP contribution in [0.5, 0.6) is 5.88 Å². The van der Waals surface area contributed by atoms with Gasteiger partial charge in [-0.3, -0.25) is 0 Å². The van der Waals surface area contributed by atoms with Gasteiger partial charge < -0.3 is 14.6 Å². The molecule has 2 aromatic rings. The smallest absolute Gasteiger partial charge is 0.213 e. The van der Waals surface area contributed by atoms with Crippen LogP contribution in [0, 0.1) is 0 Å². The molecular weight excluding hydrogens is 190 g/mol. The summed E-state index contributed by atoms with van der Waals surface area (Å²) in [5, 5.41) is 3.13. The van der Waals surface area contributed by atoms with Gasteiger partial charge in [-0.15, -0.1) is 0 Å². The van der Waals surface area contributed by atoms with Gasteiger partial charge in [-0.25, -0.2) is 4.98 Å². The zero-order chi connectivity index (χ0) is 10.7. The van der Waals surface area contributed by atoms with Crippen LogP contribution in [0.2, 0.25) is 0 Å². The normalized spacial score (nSPS) is 10.8. The minimum atomic E-state index is 0.661. The highest BCUT2D eigenvalue weighted by molar-refractivity contribution is 5.76. The minimum absolute atomic E-state index is 0.661. The summed E-state index contributed by atoms with van der Waals surface area (Å²) in [6, 6.07) is 5.93. The fourth-order valence-electron chi connectivity index (χ4n) is 1.60. The number of ether oxygens (including phenoxy) is 1. The fraction of sp³-hybridized carbons (Fsp3) is 0.364. The van der Waals surface area contributed by atoms with Gasteiger partial charge in [0, 0.05) is 25.4 Å². The van der Waals surface area contributed by atoms with Gasteiger partial charge in [0.2, 0.25) is 5.88 Å². The average Bonchev–Trinajstić information content (AvgIpc) is 2.68. The van der Waals surface area contributed by atoms with E-state index in [0.717, 1.165) is 24.1 Å². The second-order valence-corrected chi connectivity index (χ2v) is 3.37. The van der Waals surface area contributed by atoms with Crippen LogP contribution in [-0.2, 0) is 6.54 Å². The van der Waals surface area contributed by atoms with Crippen LogP contribution >= 0.6 is 0 Å². The lowest BCUT2D eigenvalue weighted by atomic mass is 10.4. The lowest BCUT2D eigenvalue weighted by molar-refractivity contribution is 0.399. The van der Waals surface area contributed by atoms with Gasteiger partial charge in [-0.1, -0.05) is 0 Å². The molecule has 0 aliphatic heterocycles. The van der Waals surface area contributed by atoms with Crippen LogP contribution < -0.4 is 10.1 Å². The molecule has 0 aromatic carbocycles. The van der Waals surface area contributed by atoms with Gasteiger partial charge >= 0.3 is 0 Å². The fourth-order valence-corrected chi connectivity index (χ4v) is 1.60. The van der Waals surface area contributed by atoms with Gasteiger partial charge in [0.15, 0.2) is 0 Å². The average molecular weight is 205 g/mol. The van der Waals surface area contributed by atoms with Crippen molar-refractivity contribution in [3.05, 3.63) is 24.4 Å². The number of rotatable bonds is 4. The number of nitrogens with one attached hydrogen (secondary N) is 1. The van der Waals surface area contributed by atoms with Crippen LogP contribution in [0.25, 0.3) is 11.0 Å². The van der Waals surface area contributed by atoms with Crippen molar-refractivity contribution >= 4 is 11.0 Å². The topological polar surface area (TPSA) is 39.1 Å². The van der Waals surface area contributed by atoms with E-state index in [0.29, 0.717) is 5.88 Å². The molecule has 0 aliphatic carbocycles. The highest BCUT2D eigenvalue weighted by atomic mass is 16.5. The van der Waals surface area contributed by atoms with E-state index in [2.05, 4.69) is 21.1 Å². The Bertz CT molecular complexity index is 450. The first-order valence-corrected chi connectivity index (χ1v) is 4.99. The Morgan fingerprint density at radius 3 is 3.00 bits per heavy atom. The Morgan fingerprint density at radius 2 is 2.27 bits per heavy atom. The van der Waals surface area contributed by atoms with Crippen LogP contribution in [0.4, 0.5) is 0 Å². The number of methoxy groups -OCH3 is 1. The molecule has 0 saturated carbocycles. The maximum atomic E-state index is 5.08. The molecule has 80 valence electrons. The van der Waals surface area contributed by atoms with Gasteiger partial charge in [0.1, 0.15) is 0 Å².